The van der Waals surface area contributed by atoms with Crippen LogP contribution in [0.2, 0.25) is 0 Å². The zero-order valence-electron chi connectivity index (χ0n) is 9.37. The van der Waals surface area contributed by atoms with Crippen LogP contribution in [0.4, 0.5) is 0 Å². The molecule has 0 radical (unpaired) electrons. The van der Waals surface area contributed by atoms with Crippen molar-refractivity contribution >= 4 is 28.6 Å². The third kappa shape index (κ3) is 2.03. The lowest BCUT2D eigenvalue weighted by Gasteiger charge is -1.94. The normalized spacial score (nSPS) is 10.4. The van der Waals surface area contributed by atoms with E-state index in [1.807, 2.05) is 13.0 Å². The Morgan fingerprint density at radius 1 is 1.19 bits per heavy atom. The standard InChI is InChI=1S/C12H12O2S2/c1-7-4-5-10(15-7)11-6-9(8(2)16-11)12(13)14-3/h4-6H,1-3H3. The van der Waals surface area contributed by atoms with Crippen LogP contribution < -0.4 is 0 Å². The maximum atomic E-state index is 11.5. The van der Waals surface area contributed by atoms with Gasteiger partial charge < -0.3 is 4.74 Å². The lowest BCUT2D eigenvalue weighted by Crippen LogP contribution is -2.00. The highest BCUT2D eigenvalue weighted by Crippen LogP contribution is 2.35. The van der Waals surface area contributed by atoms with E-state index >= 15 is 0 Å². The molecule has 0 aliphatic heterocycles. The van der Waals surface area contributed by atoms with Crippen molar-refractivity contribution in [2.24, 2.45) is 0 Å². The van der Waals surface area contributed by atoms with Crippen molar-refractivity contribution < 1.29 is 9.53 Å². The number of aryl methyl sites for hydroxylation is 2. The van der Waals surface area contributed by atoms with E-state index in [9.17, 15) is 4.79 Å². The van der Waals surface area contributed by atoms with Gasteiger partial charge in [-0.3, -0.25) is 0 Å². The number of thiophene rings is 2. The number of carbonyl (C=O) groups excluding carboxylic acids is 1. The highest BCUT2D eigenvalue weighted by atomic mass is 32.1. The van der Waals surface area contributed by atoms with Crippen LogP contribution in [0.3, 0.4) is 0 Å². The topological polar surface area (TPSA) is 26.3 Å². The summed E-state index contributed by atoms with van der Waals surface area (Å²) in [6.07, 6.45) is 0. The zero-order chi connectivity index (χ0) is 11.7. The summed E-state index contributed by atoms with van der Waals surface area (Å²) in [6, 6.07) is 6.09. The van der Waals surface area contributed by atoms with Crippen LogP contribution >= 0.6 is 22.7 Å². The quantitative estimate of drug-likeness (QED) is 0.758. The van der Waals surface area contributed by atoms with Crippen LogP contribution in [0.15, 0.2) is 18.2 Å². The molecule has 0 aromatic carbocycles. The van der Waals surface area contributed by atoms with E-state index in [1.54, 1.807) is 22.7 Å². The summed E-state index contributed by atoms with van der Waals surface area (Å²) in [5, 5.41) is 0. The summed E-state index contributed by atoms with van der Waals surface area (Å²) < 4.78 is 4.74. The van der Waals surface area contributed by atoms with Gasteiger partial charge in [0.15, 0.2) is 0 Å². The van der Waals surface area contributed by atoms with Gasteiger partial charge >= 0.3 is 5.97 Å². The zero-order valence-corrected chi connectivity index (χ0v) is 11.0. The van der Waals surface area contributed by atoms with Crippen LogP contribution in [-0.2, 0) is 4.74 Å². The van der Waals surface area contributed by atoms with E-state index in [2.05, 4.69) is 19.1 Å². The summed E-state index contributed by atoms with van der Waals surface area (Å²) in [4.78, 5) is 16.1. The largest absolute Gasteiger partial charge is 0.465 e. The van der Waals surface area contributed by atoms with E-state index in [4.69, 9.17) is 4.74 Å². The van der Waals surface area contributed by atoms with E-state index in [0.717, 1.165) is 9.75 Å². The number of esters is 1. The fourth-order valence-electron chi connectivity index (χ4n) is 1.48. The Labute approximate surface area is 103 Å². The lowest BCUT2D eigenvalue weighted by molar-refractivity contribution is 0.0600. The summed E-state index contributed by atoms with van der Waals surface area (Å²) in [7, 11) is 1.41. The Morgan fingerprint density at radius 3 is 2.50 bits per heavy atom. The van der Waals surface area contributed by atoms with E-state index in [-0.39, 0.29) is 5.97 Å². The van der Waals surface area contributed by atoms with Crippen molar-refractivity contribution in [2.45, 2.75) is 13.8 Å². The minimum absolute atomic E-state index is 0.256. The molecule has 2 aromatic rings. The first-order valence-electron chi connectivity index (χ1n) is 4.87. The number of hydrogen-bond donors (Lipinski definition) is 0. The molecule has 0 amide bonds. The highest BCUT2D eigenvalue weighted by Gasteiger charge is 2.14. The molecule has 0 unspecified atom stereocenters. The molecular weight excluding hydrogens is 240 g/mol. The molecule has 0 bridgehead atoms. The first-order chi connectivity index (χ1) is 7.61. The molecule has 2 rings (SSSR count). The van der Waals surface area contributed by atoms with Crippen LogP contribution in [0.1, 0.15) is 20.1 Å². The van der Waals surface area contributed by atoms with Gasteiger partial charge in [-0.2, -0.15) is 0 Å². The van der Waals surface area contributed by atoms with Crippen molar-refractivity contribution in [2.75, 3.05) is 7.11 Å². The smallest absolute Gasteiger partial charge is 0.338 e. The van der Waals surface area contributed by atoms with E-state index in [1.165, 1.54) is 16.9 Å². The fourth-order valence-corrected chi connectivity index (χ4v) is 3.44. The lowest BCUT2D eigenvalue weighted by atomic mass is 10.2. The Hall–Kier alpha value is -1.13. The molecule has 2 nitrogen and oxygen atoms in total. The summed E-state index contributed by atoms with van der Waals surface area (Å²) in [6.45, 7) is 4.02. The van der Waals surface area contributed by atoms with Gasteiger partial charge in [-0.15, -0.1) is 22.7 Å². The molecule has 0 saturated carbocycles. The van der Waals surface area contributed by atoms with Gasteiger partial charge in [0.1, 0.15) is 0 Å². The second kappa shape index (κ2) is 4.39. The highest BCUT2D eigenvalue weighted by molar-refractivity contribution is 7.22. The summed E-state index contributed by atoms with van der Waals surface area (Å²) in [5.74, 6) is -0.256. The number of rotatable bonds is 2. The van der Waals surface area contributed by atoms with Crippen LogP contribution in [0.25, 0.3) is 9.75 Å². The molecule has 84 valence electrons. The molecule has 16 heavy (non-hydrogen) atoms. The van der Waals surface area contributed by atoms with Crippen molar-refractivity contribution in [3.63, 3.8) is 0 Å². The maximum absolute atomic E-state index is 11.5. The van der Waals surface area contributed by atoms with Crippen molar-refractivity contribution in [1.29, 1.82) is 0 Å². The van der Waals surface area contributed by atoms with Crippen molar-refractivity contribution in [3.8, 4) is 9.75 Å². The Kier molecular flexibility index (Phi) is 3.12. The molecule has 0 fully saturated rings. The first-order valence-corrected chi connectivity index (χ1v) is 6.50. The molecular formula is C12H12O2S2. The van der Waals surface area contributed by atoms with E-state index < -0.39 is 0 Å². The summed E-state index contributed by atoms with van der Waals surface area (Å²) in [5.41, 5.74) is 0.675. The third-order valence-corrected chi connectivity index (χ3v) is 4.55. The minimum atomic E-state index is -0.256. The predicted octanol–water partition coefficient (Wildman–Crippen LogP) is 3.88. The summed E-state index contributed by atoms with van der Waals surface area (Å²) >= 11 is 3.37. The number of carbonyl (C=O) groups is 1. The average molecular weight is 252 g/mol. The fraction of sp³-hybridized carbons (Fsp3) is 0.250. The van der Waals surface area contributed by atoms with Crippen molar-refractivity contribution in [1.82, 2.24) is 0 Å². The Bertz CT molecular complexity index is 523. The second-order valence-corrected chi connectivity index (χ2v) is 6.03. The molecule has 2 aromatic heterocycles. The van der Waals surface area contributed by atoms with Gasteiger partial charge in [-0.25, -0.2) is 4.79 Å². The molecule has 0 spiro atoms. The molecule has 0 aliphatic rings. The Morgan fingerprint density at radius 2 is 1.94 bits per heavy atom. The molecule has 2 heterocycles. The average Bonchev–Trinajstić information content (AvgIpc) is 2.83. The molecule has 0 N–H and O–H groups in total. The van der Waals surface area contributed by atoms with Gasteiger partial charge in [0.2, 0.25) is 0 Å². The first kappa shape index (κ1) is 11.4. The maximum Gasteiger partial charge on any atom is 0.338 e. The molecule has 4 heteroatoms. The minimum Gasteiger partial charge on any atom is -0.465 e. The van der Waals surface area contributed by atoms with E-state index in [0.29, 0.717) is 5.56 Å². The van der Waals surface area contributed by atoms with Gasteiger partial charge in [0.25, 0.3) is 0 Å². The Balaban J connectivity index is 2.41. The van der Waals surface area contributed by atoms with Crippen molar-refractivity contribution in [3.05, 3.63) is 33.5 Å². The number of ether oxygens (including phenoxy) is 1. The van der Waals surface area contributed by atoms with Crippen LogP contribution in [0, 0.1) is 13.8 Å². The van der Waals surface area contributed by atoms with Gasteiger partial charge in [0, 0.05) is 19.5 Å². The SMILES string of the molecule is COC(=O)c1cc(-c2ccc(C)s2)sc1C. The van der Waals surface area contributed by atoms with Crippen LogP contribution in [0.5, 0.6) is 0 Å². The molecule has 0 saturated heterocycles. The predicted molar refractivity (Wildman–Crippen MR) is 68.4 cm³/mol. The van der Waals surface area contributed by atoms with Crippen LogP contribution in [-0.4, -0.2) is 13.1 Å². The number of hydrogen-bond acceptors (Lipinski definition) is 4. The second-order valence-electron chi connectivity index (χ2n) is 3.48. The van der Waals surface area contributed by atoms with Gasteiger partial charge in [-0.1, -0.05) is 0 Å². The number of methoxy groups -OCH3 is 1. The van der Waals surface area contributed by atoms with Gasteiger partial charge in [0.05, 0.1) is 12.7 Å². The molecule has 0 atom stereocenters. The molecule has 0 aliphatic carbocycles. The third-order valence-electron chi connectivity index (χ3n) is 2.31. The monoisotopic (exact) mass is 252 g/mol. The van der Waals surface area contributed by atoms with Gasteiger partial charge in [-0.05, 0) is 32.0 Å².